The van der Waals surface area contributed by atoms with Gasteiger partial charge in [0.25, 0.3) is 0 Å². The second kappa shape index (κ2) is 3.47. The zero-order valence-electron chi connectivity index (χ0n) is 8.18. The Balaban J connectivity index is 2.83. The summed E-state index contributed by atoms with van der Waals surface area (Å²) in [7, 11) is 1.42. The molecule has 0 amide bonds. The number of nitro benzene ring substituents is 1. The third kappa shape index (κ3) is 1.52. The number of nitro groups is 1. The monoisotopic (exact) mass is 224 g/mol. The summed E-state index contributed by atoms with van der Waals surface area (Å²) in [5, 5.41) is 11.7. The molecule has 2 rings (SSSR count). The molecule has 0 aliphatic carbocycles. The number of nitrogens with zero attached hydrogens (tertiary/aromatic N) is 2. The number of aromatic nitrogens is 1. The molecular weight excluding hydrogens is 216 g/mol. The van der Waals surface area contributed by atoms with Gasteiger partial charge in [0, 0.05) is 0 Å². The Labute approximate surface area is 89.5 Å². The third-order valence-corrected chi connectivity index (χ3v) is 3.00. The van der Waals surface area contributed by atoms with Crippen molar-refractivity contribution >= 4 is 27.2 Å². The summed E-state index contributed by atoms with van der Waals surface area (Å²) in [4.78, 5) is 14.7. The Kier molecular flexibility index (Phi) is 2.28. The van der Waals surface area contributed by atoms with Crippen LogP contribution in [-0.4, -0.2) is 17.0 Å². The summed E-state index contributed by atoms with van der Waals surface area (Å²) in [5.74, 6) is 0.274. The highest BCUT2D eigenvalue weighted by Crippen LogP contribution is 2.38. The molecule has 1 aromatic carbocycles. The van der Waals surface area contributed by atoms with Crippen LogP contribution in [-0.2, 0) is 0 Å². The Bertz CT molecular complexity index is 535. The zero-order chi connectivity index (χ0) is 11.0. The van der Waals surface area contributed by atoms with Crippen LogP contribution in [0.1, 0.15) is 5.01 Å². The van der Waals surface area contributed by atoms with Crippen LogP contribution < -0.4 is 4.74 Å². The fraction of sp³-hybridized carbons (Fsp3) is 0.222. The van der Waals surface area contributed by atoms with Gasteiger partial charge in [0.05, 0.1) is 22.6 Å². The van der Waals surface area contributed by atoms with Crippen molar-refractivity contribution in [3.63, 3.8) is 0 Å². The number of benzene rings is 1. The zero-order valence-corrected chi connectivity index (χ0v) is 9.00. The third-order valence-electron chi connectivity index (χ3n) is 2.00. The smallest absolute Gasteiger partial charge is 0.330 e. The van der Waals surface area contributed by atoms with Crippen molar-refractivity contribution in [2.75, 3.05) is 7.11 Å². The minimum Gasteiger partial charge on any atom is -0.490 e. The van der Waals surface area contributed by atoms with Gasteiger partial charge in [-0.2, -0.15) is 0 Å². The normalized spacial score (nSPS) is 10.5. The Morgan fingerprint density at radius 1 is 1.53 bits per heavy atom. The average molecular weight is 224 g/mol. The van der Waals surface area contributed by atoms with Crippen LogP contribution in [0.25, 0.3) is 10.2 Å². The van der Waals surface area contributed by atoms with Gasteiger partial charge in [0.1, 0.15) is 4.70 Å². The lowest BCUT2D eigenvalue weighted by molar-refractivity contribution is -0.383. The highest BCUT2D eigenvalue weighted by molar-refractivity contribution is 7.19. The lowest BCUT2D eigenvalue weighted by Gasteiger charge is -2.00. The van der Waals surface area contributed by atoms with Crippen molar-refractivity contribution in [2.45, 2.75) is 6.92 Å². The molecule has 1 aromatic heterocycles. The fourth-order valence-electron chi connectivity index (χ4n) is 1.41. The van der Waals surface area contributed by atoms with Crippen molar-refractivity contribution in [2.24, 2.45) is 0 Å². The molecule has 78 valence electrons. The predicted octanol–water partition coefficient (Wildman–Crippen LogP) is 2.52. The first-order valence-electron chi connectivity index (χ1n) is 4.22. The molecule has 0 N–H and O–H groups in total. The maximum atomic E-state index is 10.9. The van der Waals surface area contributed by atoms with Gasteiger partial charge in [-0.1, -0.05) is 0 Å². The largest absolute Gasteiger partial charge is 0.490 e. The molecule has 0 atom stereocenters. The molecule has 5 nitrogen and oxygen atoms in total. The summed E-state index contributed by atoms with van der Waals surface area (Å²) in [6, 6.07) is 3.30. The Hall–Kier alpha value is -1.69. The van der Waals surface area contributed by atoms with Crippen molar-refractivity contribution in [3.05, 3.63) is 27.3 Å². The lowest BCUT2D eigenvalue weighted by atomic mass is 10.3. The molecular formula is C9H8N2O3S. The number of rotatable bonds is 2. The van der Waals surface area contributed by atoms with E-state index in [1.54, 1.807) is 12.1 Å². The van der Waals surface area contributed by atoms with Crippen LogP contribution in [0.4, 0.5) is 5.69 Å². The average Bonchev–Trinajstić information content (AvgIpc) is 2.55. The van der Waals surface area contributed by atoms with Crippen LogP contribution in [0.15, 0.2) is 12.1 Å². The maximum absolute atomic E-state index is 10.9. The summed E-state index contributed by atoms with van der Waals surface area (Å²) < 4.78 is 5.53. The Morgan fingerprint density at radius 3 is 2.87 bits per heavy atom. The molecule has 1 heterocycles. The van der Waals surface area contributed by atoms with Gasteiger partial charge in [0.15, 0.2) is 5.75 Å². The number of ether oxygens (including phenoxy) is 1. The number of fused-ring (bicyclic) bond motifs is 1. The molecule has 6 heteroatoms. The molecule has 0 fully saturated rings. The second-order valence-electron chi connectivity index (χ2n) is 2.95. The van der Waals surface area contributed by atoms with Crippen molar-refractivity contribution in [1.82, 2.24) is 4.98 Å². The number of hydrogen-bond donors (Lipinski definition) is 0. The van der Waals surface area contributed by atoms with E-state index in [-0.39, 0.29) is 11.4 Å². The summed E-state index contributed by atoms with van der Waals surface area (Å²) in [6.07, 6.45) is 0. The number of aryl methyl sites for hydroxylation is 1. The predicted molar refractivity (Wildman–Crippen MR) is 57.6 cm³/mol. The topological polar surface area (TPSA) is 65.3 Å². The van der Waals surface area contributed by atoms with Gasteiger partial charge in [-0.3, -0.25) is 10.1 Å². The van der Waals surface area contributed by atoms with Gasteiger partial charge in [-0.25, -0.2) is 4.98 Å². The minimum absolute atomic E-state index is 0.000556. The van der Waals surface area contributed by atoms with E-state index in [0.29, 0.717) is 10.2 Å². The second-order valence-corrected chi connectivity index (χ2v) is 4.16. The SMILES string of the molecule is COc1ccc2nc(C)sc2c1[N+](=O)[O-]. The van der Waals surface area contributed by atoms with E-state index in [0.717, 1.165) is 5.01 Å². The Morgan fingerprint density at radius 2 is 2.27 bits per heavy atom. The van der Waals surface area contributed by atoms with Crippen molar-refractivity contribution in [3.8, 4) is 5.75 Å². The van der Waals surface area contributed by atoms with E-state index in [2.05, 4.69) is 4.98 Å². The quantitative estimate of drug-likeness (QED) is 0.580. The first-order chi connectivity index (χ1) is 7.13. The van der Waals surface area contributed by atoms with Gasteiger partial charge in [-0.05, 0) is 19.1 Å². The number of hydrogen-bond acceptors (Lipinski definition) is 5. The molecule has 0 spiro atoms. The molecule has 15 heavy (non-hydrogen) atoms. The van der Waals surface area contributed by atoms with E-state index >= 15 is 0 Å². The molecule has 0 radical (unpaired) electrons. The van der Waals surface area contributed by atoms with E-state index in [4.69, 9.17) is 4.74 Å². The highest BCUT2D eigenvalue weighted by Gasteiger charge is 2.21. The first-order valence-corrected chi connectivity index (χ1v) is 5.03. The van der Waals surface area contributed by atoms with Crippen LogP contribution in [0.3, 0.4) is 0 Å². The van der Waals surface area contributed by atoms with Crippen molar-refractivity contribution < 1.29 is 9.66 Å². The summed E-state index contributed by atoms with van der Waals surface area (Å²) in [6.45, 7) is 1.82. The van der Waals surface area contributed by atoms with Gasteiger partial charge < -0.3 is 4.74 Å². The van der Waals surface area contributed by atoms with Gasteiger partial charge >= 0.3 is 5.69 Å². The summed E-state index contributed by atoms with van der Waals surface area (Å²) in [5.41, 5.74) is 0.644. The van der Waals surface area contributed by atoms with Crippen molar-refractivity contribution in [1.29, 1.82) is 0 Å². The summed E-state index contributed by atoms with van der Waals surface area (Å²) >= 11 is 1.30. The van der Waals surface area contributed by atoms with E-state index in [9.17, 15) is 10.1 Å². The molecule has 0 aliphatic rings. The van der Waals surface area contributed by atoms with Gasteiger partial charge in [0.2, 0.25) is 0 Å². The van der Waals surface area contributed by atoms with E-state index < -0.39 is 4.92 Å². The fourth-order valence-corrected chi connectivity index (χ4v) is 2.34. The van der Waals surface area contributed by atoms with E-state index in [1.165, 1.54) is 18.4 Å². The minimum atomic E-state index is -0.432. The molecule has 0 unspecified atom stereocenters. The van der Waals surface area contributed by atoms with Crippen LogP contribution in [0, 0.1) is 17.0 Å². The lowest BCUT2D eigenvalue weighted by Crippen LogP contribution is -1.93. The molecule has 0 bridgehead atoms. The number of thiazole rings is 1. The van der Waals surface area contributed by atoms with E-state index in [1.807, 2.05) is 6.92 Å². The maximum Gasteiger partial charge on any atom is 0.330 e. The number of methoxy groups -OCH3 is 1. The standard InChI is InChI=1S/C9H8N2O3S/c1-5-10-6-3-4-7(14-2)8(11(12)13)9(6)15-5/h3-4H,1-2H3. The van der Waals surface area contributed by atoms with Crippen LogP contribution in [0.5, 0.6) is 5.75 Å². The highest BCUT2D eigenvalue weighted by atomic mass is 32.1. The first kappa shape index (κ1) is 9.85. The van der Waals surface area contributed by atoms with Gasteiger partial charge in [-0.15, -0.1) is 11.3 Å². The van der Waals surface area contributed by atoms with Crippen LogP contribution in [0.2, 0.25) is 0 Å². The molecule has 0 saturated carbocycles. The molecule has 0 saturated heterocycles. The van der Waals surface area contributed by atoms with Crippen LogP contribution >= 0.6 is 11.3 Å². The molecule has 2 aromatic rings. The molecule has 0 aliphatic heterocycles.